The number of nitrogens with zero attached hydrogens (tertiary/aromatic N) is 1. The Balaban J connectivity index is 1.77. The van der Waals surface area contributed by atoms with Crippen LogP contribution in [0, 0.1) is 0 Å². The molecule has 1 heterocycles. The van der Waals surface area contributed by atoms with E-state index < -0.39 is 0 Å². The van der Waals surface area contributed by atoms with E-state index in [4.69, 9.17) is 4.99 Å². The van der Waals surface area contributed by atoms with Gasteiger partial charge < -0.3 is 5.32 Å². The highest BCUT2D eigenvalue weighted by Crippen LogP contribution is 2.40. The molecule has 1 aromatic carbocycles. The van der Waals surface area contributed by atoms with E-state index in [1.807, 2.05) is 23.9 Å². The predicted molar refractivity (Wildman–Crippen MR) is 91.2 cm³/mol. The number of nitrogens with one attached hydrogen (secondary N) is 1. The van der Waals surface area contributed by atoms with Crippen LogP contribution in [0.2, 0.25) is 0 Å². The second-order valence-electron chi connectivity index (χ2n) is 5.24. The molecule has 1 spiro atoms. The average molecular weight is 404 g/mol. The SMILES string of the molecule is Brc1ccc(Br)c(NC2=NC3(CCCCC3)CS2)c1. The standard InChI is InChI=1S/C14H16Br2N2S/c15-10-4-5-11(16)12(8-10)17-13-18-14(9-19-13)6-2-1-3-7-14/h4-5,8H,1-3,6-7,9H2,(H,17,18). The second kappa shape index (κ2) is 5.78. The lowest BCUT2D eigenvalue weighted by molar-refractivity contribution is 0.335. The molecule has 1 N–H and O–H groups in total. The van der Waals surface area contributed by atoms with Crippen molar-refractivity contribution in [1.29, 1.82) is 0 Å². The van der Waals surface area contributed by atoms with Crippen LogP contribution in [-0.2, 0) is 0 Å². The maximum atomic E-state index is 4.98. The average Bonchev–Trinajstić information content (AvgIpc) is 2.78. The normalized spacial score (nSPS) is 21.5. The Hall–Kier alpha value is -0.000000000000000111. The summed E-state index contributed by atoms with van der Waals surface area (Å²) in [4.78, 5) is 4.98. The Morgan fingerprint density at radius 3 is 2.74 bits per heavy atom. The number of halogens is 2. The van der Waals surface area contributed by atoms with Crippen molar-refractivity contribution in [3.05, 3.63) is 27.1 Å². The first-order valence-electron chi connectivity index (χ1n) is 6.62. The van der Waals surface area contributed by atoms with Gasteiger partial charge in [0.05, 0.1) is 11.2 Å². The summed E-state index contributed by atoms with van der Waals surface area (Å²) in [6.45, 7) is 0. The number of hydrogen-bond acceptors (Lipinski definition) is 3. The van der Waals surface area contributed by atoms with E-state index in [-0.39, 0.29) is 5.54 Å². The molecule has 5 heteroatoms. The lowest BCUT2D eigenvalue weighted by Gasteiger charge is -2.29. The molecule has 1 saturated carbocycles. The van der Waals surface area contributed by atoms with Gasteiger partial charge in [0.15, 0.2) is 5.17 Å². The third-order valence-corrected chi connectivity index (χ3v) is 6.10. The lowest BCUT2D eigenvalue weighted by Crippen LogP contribution is -2.29. The molecule has 102 valence electrons. The Labute approximate surface area is 135 Å². The van der Waals surface area contributed by atoms with E-state index in [1.165, 1.54) is 32.1 Å². The molecule has 0 saturated heterocycles. The zero-order valence-corrected chi connectivity index (χ0v) is 14.6. The first-order chi connectivity index (χ1) is 9.17. The molecule has 0 unspecified atom stereocenters. The number of amidine groups is 1. The van der Waals surface area contributed by atoms with Crippen LogP contribution in [0.5, 0.6) is 0 Å². The lowest BCUT2D eigenvalue weighted by atomic mass is 9.84. The largest absolute Gasteiger partial charge is 0.334 e. The van der Waals surface area contributed by atoms with Crippen LogP contribution in [0.1, 0.15) is 32.1 Å². The molecule has 0 aromatic heterocycles. The summed E-state index contributed by atoms with van der Waals surface area (Å²) in [6.07, 6.45) is 6.55. The fourth-order valence-corrected chi connectivity index (χ4v) is 4.63. The predicted octanol–water partition coefficient (Wildman–Crippen LogP) is 5.43. The molecule has 2 aliphatic rings. The smallest absolute Gasteiger partial charge is 0.161 e. The van der Waals surface area contributed by atoms with Crippen molar-refractivity contribution >= 4 is 54.5 Å². The molecular weight excluding hydrogens is 388 g/mol. The Morgan fingerprint density at radius 1 is 1.16 bits per heavy atom. The van der Waals surface area contributed by atoms with Gasteiger partial charge in [-0.15, -0.1) is 0 Å². The molecule has 1 aliphatic carbocycles. The van der Waals surface area contributed by atoms with Gasteiger partial charge in [-0.05, 0) is 47.0 Å². The summed E-state index contributed by atoms with van der Waals surface area (Å²) in [5.41, 5.74) is 1.30. The van der Waals surface area contributed by atoms with Gasteiger partial charge in [0, 0.05) is 14.7 Å². The summed E-state index contributed by atoms with van der Waals surface area (Å²) in [5.74, 6) is 1.14. The molecule has 0 atom stereocenters. The highest BCUT2D eigenvalue weighted by Gasteiger charge is 2.36. The zero-order chi connectivity index (χ0) is 13.3. The molecule has 0 amide bonds. The van der Waals surface area contributed by atoms with Gasteiger partial charge in [0.25, 0.3) is 0 Å². The number of thioether (sulfide) groups is 1. The summed E-state index contributed by atoms with van der Waals surface area (Å²) in [5, 5.41) is 4.53. The van der Waals surface area contributed by atoms with Gasteiger partial charge in [-0.1, -0.05) is 47.0 Å². The van der Waals surface area contributed by atoms with Crippen LogP contribution in [0.3, 0.4) is 0 Å². The fourth-order valence-electron chi connectivity index (χ4n) is 2.72. The van der Waals surface area contributed by atoms with Crippen LogP contribution >= 0.6 is 43.6 Å². The van der Waals surface area contributed by atoms with E-state index in [9.17, 15) is 0 Å². The van der Waals surface area contributed by atoms with Crippen LogP contribution in [-0.4, -0.2) is 16.5 Å². The van der Waals surface area contributed by atoms with E-state index in [2.05, 4.69) is 43.2 Å². The van der Waals surface area contributed by atoms with Crippen molar-refractivity contribution in [1.82, 2.24) is 0 Å². The van der Waals surface area contributed by atoms with E-state index >= 15 is 0 Å². The van der Waals surface area contributed by atoms with Gasteiger partial charge in [-0.25, -0.2) is 0 Å². The summed E-state index contributed by atoms with van der Waals surface area (Å²) in [6, 6.07) is 6.16. The van der Waals surface area contributed by atoms with Crippen LogP contribution in [0.4, 0.5) is 5.69 Å². The first-order valence-corrected chi connectivity index (χ1v) is 9.19. The summed E-state index contributed by atoms with van der Waals surface area (Å²) >= 11 is 8.95. The van der Waals surface area contributed by atoms with Crippen LogP contribution < -0.4 is 5.32 Å². The van der Waals surface area contributed by atoms with Gasteiger partial charge in [-0.2, -0.15) is 0 Å². The number of rotatable bonds is 1. The number of benzene rings is 1. The number of aliphatic imine (C=N–C) groups is 1. The number of anilines is 1. The van der Waals surface area contributed by atoms with Gasteiger partial charge in [-0.3, -0.25) is 4.99 Å². The zero-order valence-electron chi connectivity index (χ0n) is 10.6. The van der Waals surface area contributed by atoms with Crippen LogP contribution in [0.15, 0.2) is 32.1 Å². The van der Waals surface area contributed by atoms with Gasteiger partial charge >= 0.3 is 0 Å². The molecule has 0 bridgehead atoms. The fraction of sp³-hybridized carbons (Fsp3) is 0.500. The maximum Gasteiger partial charge on any atom is 0.161 e. The van der Waals surface area contributed by atoms with Crippen molar-refractivity contribution in [2.45, 2.75) is 37.6 Å². The minimum Gasteiger partial charge on any atom is -0.334 e. The molecular formula is C14H16Br2N2S. The minimum atomic E-state index is 0.226. The van der Waals surface area contributed by atoms with Crippen molar-refractivity contribution in [3.8, 4) is 0 Å². The third-order valence-electron chi connectivity index (χ3n) is 3.77. The summed E-state index contributed by atoms with van der Waals surface area (Å²) < 4.78 is 2.15. The van der Waals surface area contributed by atoms with Crippen molar-refractivity contribution in [2.75, 3.05) is 11.1 Å². The highest BCUT2D eigenvalue weighted by atomic mass is 79.9. The van der Waals surface area contributed by atoms with Crippen molar-refractivity contribution in [3.63, 3.8) is 0 Å². The first kappa shape index (κ1) is 14.0. The molecule has 19 heavy (non-hydrogen) atoms. The Morgan fingerprint density at radius 2 is 1.95 bits per heavy atom. The van der Waals surface area contributed by atoms with Crippen molar-refractivity contribution < 1.29 is 0 Å². The molecule has 2 nitrogen and oxygen atoms in total. The third kappa shape index (κ3) is 3.19. The second-order valence-corrected chi connectivity index (χ2v) is 7.97. The molecule has 1 fully saturated rings. The molecule has 1 aromatic rings. The number of hydrogen-bond donors (Lipinski definition) is 1. The highest BCUT2D eigenvalue weighted by molar-refractivity contribution is 9.11. The minimum absolute atomic E-state index is 0.226. The van der Waals surface area contributed by atoms with Crippen molar-refractivity contribution in [2.24, 2.45) is 4.99 Å². The van der Waals surface area contributed by atoms with E-state index in [0.717, 1.165) is 25.6 Å². The van der Waals surface area contributed by atoms with Gasteiger partial charge in [0.2, 0.25) is 0 Å². The molecule has 0 radical (unpaired) electrons. The monoisotopic (exact) mass is 402 g/mol. The van der Waals surface area contributed by atoms with Crippen LogP contribution in [0.25, 0.3) is 0 Å². The molecule has 1 aliphatic heterocycles. The van der Waals surface area contributed by atoms with E-state index in [0.29, 0.717) is 0 Å². The summed E-state index contributed by atoms with van der Waals surface area (Å²) in [7, 11) is 0. The Bertz CT molecular complexity index is 510. The quantitative estimate of drug-likeness (QED) is 0.675. The Kier molecular flexibility index (Phi) is 4.25. The van der Waals surface area contributed by atoms with E-state index in [1.54, 1.807) is 0 Å². The maximum absolute atomic E-state index is 4.98. The van der Waals surface area contributed by atoms with Gasteiger partial charge in [0.1, 0.15) is 0 Å². The topological polar surface area (TPSA) is 24.4 Å². The molecule has 3 rings (SSSR count).